The van der Waals surface area contributed by atoms with E-state index in [1.54, 1.807) is 0 Å². The molecule has 0 nitrogen and oxygen atoms in total. The molecule has 1 aliphatic rings. The largest absolute Gasteiger partial charge is 0.141 e. The SMILES string of the molecule is CCc1ccc(C2=Cc3c(cccc3-c3ccc4ccccc4c3)C2)s1. The van der Waals surface area contributed by atoms with E-state index in [0.717, 1.165) is 12.8 Å². The molecule has 0 bridgehead atoms. The minimum Gasteiger partial charge on any atom is -0.141 e. The molecule has 126 valence electrons. The second-order valence-electron chi connectivity index (χ2n) is 6.91. The summed E-state index contributed by atoms with van der Waals surface area (Å²) in [5, 5.41) is 2.60. The fraction of sp³-hybridized carbons (Fsp3) is 0.120. The Morgan fingerprint density at radius 1 is 0.846 bits per heavy atom. The van der Waals surface area contributed by atoms with Crippen LogP contribution in [0.1, 0.15) is 27.8 Å². The normalized spacial score (nSPS) is 13.0. The van der Waals surface area contributed by atoms with E-state index in [1.165, 1.54) is 48.4 Å². The molecule has 5 rings (SSSR count). The molecule has 3 aromatic carbocycles. The van der Waals surface area contributed by atoms with Crippen LogP contribution < -0.4 is 0 Å². The van der Waals surface area contributed by atoms with Crippen LogP contribution in [0.4, 0.5) is 0 Å². The van der Waals surface area contributed by atoms with Gasteiger partial charge >= 0.3 is 0 Å². The highest BCUT2D eigenvalue weighted by Crippen LogP contribution is 2.40. The van der Waals surface area contributed by atoms with Gasteiger partial charge in [0.25, 0.3) is 0 Å². The Morgan fingerprint density at radius 2 is 1.73 bits per heavy atom. The highest BCUT2D eigenvalue weighted by Gasteiger charge is 2.18. The molecule has 0 aliphatic heterocycles. The van der Waals surface area contributed by atoms with Gasteiger partial charge in [-0.15, -0.1) is 11.3 Å². The predicted octanol–water partition coefficient (Wildman–Crippen LogP) is 7.23. The first-order valence-electron chi connectivity index (χ1n) is 9.22. The van der Waals surface area contributed by atoms with Gasteiger partial charge in [-0.1, -0.05) is 61.5 Å². The molecule has 0 unspecified atom stereocenters. The lowest BCUT2D eigenvalue weighted by Crippen LogP contribution is -1.87. The van der Waals surface area contributed by atoms with Crippen molar-refractivity contribution < 1.29 is 0 Å². The van der Waals surface area contributed by atoms with Crippen molar-refractivity contribution in [3.63, 3.8) is 0 Å². The van der Waals surface area contributed by atoms with Crippen LogP contribution >= 0.6 is 11.3 Å². The summed E-state index contributed by atoms with van der Waals surface area (Å²) in [5.41, 5.74) is 6.94. The van der Waals surface area contributed by atoms with Crippen molar-refractivity contribution in [2.75, 3.05) is 0 Å². The molecule has 1 heterocycles. The Labute approximate surface area is 158 Å². The molecule has 4 aromatic rings. The molecule has 0 spiro atoms. The quantitative estimate of drug-likeness (QED) is 0.365. The number of benzene rings is 3. The molecule has 0 radical (unpaired) electrons. The van der Waals surface area contributed by atoms with E-state index in [2.05, 4.69) is 85.8 Å². The summed E-state index contributed by atoms with van der Waals surface area (Å²) in [6.45, 7) is 2.23. The van der Waals surface area contributed by atoms with Crippen molar-refractivity contribution in [2.45, 2.75) is 19.8 Å². The summed E-state index contributed by atoms with van der Waals surface area (Å²) in [6.07, 6.45) is 4.57. The number of aryl methyl sites for hydroxylation is 1. The minimum atomic E-state index is 1.04. The minimum absolute atomic E-state index is 1.04. The lowest BCUT2D eigenvalue weighted by molar-refractivity contribution is 1.19. The van der Waals surface area contributed by atoms with E-state index in [-0.39, 0.29) is 0 Å². The lowest BCUT2D eigenvalue weighted by Gasteiger charge is -2.09. The van der Waals surface area contributed by atoms with Crippen LogP contribution in [-0.2, 0) is 12.8 Å². The van der Waals surface area contributed by atoms with Crippen LogP contribution in [0.2, 0.25) is 0 Å². The Kier molecular flexibility index (Phi) is 3.76. The Morgan fingerprint density at radius 3 is 2.58 bits per heavy atom. The number of hydrogen-bond acceptors (Lipinski definition) is 1. The maximum absolute atomic E-state index is 2.41. The van der Waals surface area contributed by atoms with E-state index in [9.17, 15) is 0 Å². The van der Waals surface area contributed by atoms with Crippen LogP contribution in [0, 0.1) is 0 Å². The average molecular weight is 353 g/mol. The molecule has 0 saturated heterocycles. The van der Waals surface area contributed by atoms with Crippen molar-refractivity contribution >= 4 is 33.8 Å². The molecule has 0 amide bonds. The van der Waals surface area contributed by atoms with Crippen molar-refractivity contribution in [3.8, 4) is 11.1 Å². The molecule has 0 N–H and O–H groups in total. The summed E-state index contributed by atoms with van der Waals surface area (Å²) in [4.78, 5) is 2.88. The van der Waals surface area contributed by atoms with Crippen LogP contribution in [0.15, 0.2) is 72.8 Å². The molecule has 0 atom stereocenters. The van der Waals surface area contributed by atoms with Crippen molar-refractivity contribution in [3.05, 3.63) is 93.7 Å². The second-order valence-corrected chi connectivity index (χ2v) is 8.07. The van der Waals surface area contributed by atoms with E-state index in [4.69, 9.17) is 0 Å². The van der Waals surface area contributed by atoms with Gasteiger partial charge in [0.15, 0.2) is 0 Å². The molecular weight excluding hydrogens is 332 g/mol. The van der Waals surface area contributed by atoms with E-state index < -0.39 is 0 Å². The third-order valence-corrected chi connectivity index (χ3v) is 6.59. The highest BCUT2D eigenvalue weighted by molar-refractivity contribution is 7.13. The molecule has 0 saturated carbocycles. The number of allylic oxidation sites excluding steroid dienone is 1. The smallest absolute Gasteiger partial charge is 0.0308 e. The monoisotopic (exact) mass is 352 g/mol. The van der Waals surface area contributed by atoms with E-state index >= 15 is 0 Å². The summed E-state index contributed by atoms with van der Waals surface area (Å²) in [7, 11) is 0. The van der Waals surface area contributed by atoms with Crippen molar-refractivity contribution in [1.29, 1.82) is 0 Å². The van der Waals surface area contributed by atoms with Crippen LogP contribution in [0.3, 0.4) is 0 Å². The van der Waals surface area contributed by atoms with Gasteiger partial charge in [0, 0.05) is 9.75 Å². The summed E-state index contributed by atoms with van der Waals surface area (Å²) in [6, 6.07) is 26.7. The second kappa shape index (κ2) is 6.26. The number of hydrogen-bond donors (Lipinski definition) is 0. The first kappa shape index (κ1) is 15.6. The molecule has 1 aromatic heterocycles. The van der Waals surface area contributed by atoms with Crippen LogP contribution in [0.5, 0.6) is 0 Å². The zero-order chi connectivity index (χ0) is 17.5. The summed E-state index contributed by atoms with van der Waals surface area (Å²) in [5.74, 6) is 0. The molecule has 0 fully saturated rings. The first-order valence-corrected chi connectivity index (χ1v) is 10.0. The third kappa shape index (κ3) is 2.60. The number of thiophene rings is 1. The standard InChI is InChI=1S/C25H20S/c1-2-22-12-13-25(26-22)21-15-19-8-5-9-23(24(19)16-21)20-11-10-17-6-3-4-7-18(17)14-20/h3-14,16H,2,15H2,1H3. The maximum atomic E-state index is 2.41. The van der Waals surface area contributed by atoms with Gasteiger partial charge in [-0.2, -0.15) is 0 Å². The molecular formula is C25H20S. The van der Waals surface area contributed by atoms with Gasteiger partial charge < -0.3 is 0 Å². The van der Waals surface area contributed by atoms with Gasteiger partial charge in [-0.05, 0) is 75.7 Å². The van der Waals surface area contributed by atoms with Crippen molar-refractivity contribution in [2.24, 2.45) is 0 Å². The molecule has 1 aliphatic carbocycles. The Bertz CT molecular complexity index is 1140. The zero-order valence-electron chi connectivity index (χ0n) is 14.8. The third-order valence-electron chi connectivity index (χ3n) is 5.28. The average Bonchev–Trinajstić information content (AvgIpc) is 3.33. The predicted molar refractivity (Wildman–Crippen MR) is 115 cm³/mol. The fourth-order valence-electron chi connectivity index (χ4n) is 3.88. The maximum Gasteiger partial charge on any atom is 0.0308 e. The number of fused-ring (bicyclic) bond motifs is 2. The van der Waals surface area contributed by atoms with Crippen LogP contribution in [-0.4, -0.2) is 0 Å². The Hall–Kier alpha value is -2.64. The lowest BCUT2D eigenvalue weighted by atomic mass is 9.95. The zero-order valence-corrected chi connectivity index (χ0v) is 15.6. The van der Waals surface area contributed by atoms with Gasteiger partial charge in [0.05, 0.1) is 0 Å². The topological polar surface area (TPSA) is 0 Å². The van der Waals surface area contributed by atoms with Crippen LogP contribution in [0.25, 0.3) is 33.5 Å². The van der Waals surface area contributed by atoms with Gasteiger partial charge in [-0.3, -0.25) is 0 Å². The van der Waals surface area contributed by atoms with E-state index in [1.807, 2.05) is 11.3 Å². The van der Waals surface area contributed by atoms with Crippen molar-refractivity contribution in [1.82, 2.24) is 0 Å². The molecule has 26 heavy (non-hydrogen) atoms. The summed E-state index contributed by atoms with van der Waals surface area (Å²) < 4.78 is 0. The summed E-state index contributed by atoms with van der Waals surface area (Å²) >= 11 is 1.94. The van der Waals surface area contributed by atoms with Gasteiger partial charge in [0.2, 0.25) is 0 Å². The molecule has 1 heteroatoms. The van der Waals surface area contributed by atoms with Gasteiger partial charge in [0.1, 0.15) is 0 Å². The van der Waals surface area contributed by atoms with Gasteiger partial charge in [-0.25, -0.2) is 0 Å². The fourth-order valence-corrected chi connectivity index (χ4v) is 4.84. The highest BCUT2D eigenvalue weighted by atomic mass is 32.1. The first-order chi connectivity index (χ1) is 12.8. The Balaban J connectivity index is 1.61. The number of rotatable bonds is 3. The van der Waals surface area contributed by atoms with E-state index in [0.29, 0.717) is 0 Å².